The van der Waals surface area contributed by atoms with Crippen LogP contribution in [0.4, 0.5) is 10.5 Å². The fourth-order valence-electron chi connectivity index (χ4n) is 3.72. The molecule has 9 heteroatoms. The Morgan fingerprint density at radius 1 is 1.22 bits per heavy atom. The van der Waals surface area contributed by atoms with E-state index in [0.717, 1.165) is 22.2 Å². The summed E-state index contributed by atoms with van der Waals surface area (Å²) in [5, 5.41) is 21.9. The fraction of sp³-hybridized carbons (Fsp3) is 0.348. The number of urea groups is 1. The molecule has 2 heterocycles. The first-order chi connectivity index (χ1) is 15.5. The van der Waals surface area contributed by atoms with Gasteiger partial charge in [0.15, 0.2) is 0 Å². The summed E-state index contributed by atoms with van der Waals surface area (Å²) in [7, 11) is 0. The van der Waals surface area contributed by atoms with E-state index >= 15 is 0 Å². The maximum Gasteiger partial charge on any atom is 0.315 e. The first-order valence-electron chi connectivity index (χ1n) is 10.8. The third kappa shape index (κ3) is 4.83. The number of nitrogens with two attached hydrogens (primary N) is 1. The highest BCUT2D eigenvalue weighted by molar-refractivity contribution is 6.02. The number of aliphatic hydroxyl groups is 1. The van der Waals surface area contributed by atoms with Crippen LogP contribution in [0.25, 0.3) is 16.6 Å². The van der Waals surface area contributed by atoms with Gasteiger partial charge in [-0.25, -0.2) is 9.31 Å². The number of fused-ring (bicyclic) bond motifs is 1. The van der Waals surface area contributed by atoms with Gasteiger partial charge in [0, 0.05) is 30.9 Å². The van der Waals surface area contributed by atoms with Crippen molar-refractivity contribution in [3.8, 4) is 11.1 Å². The first kappa shape index (κ1) is 21.6. The molecule has 1 fully saturated rings. The number of benzene rings is 1. The molecule has 6 N–H and O–H groups in total. The van der Waals surface area contributed by atoms with Gasteiger partial charge in [-0.05, 0) is 42.9 Å². The molecular formula is C23H28N6O3. The van der Waals surface area contributed by atoms with E-state index < -0.39 is 5.91 Å². The number of nitrogens with zero attached hydrogens (tertiary/aromatic N) is 2. The second-order valence-corrected chi connectivity index (χ2v) is 8.16. The van der Waals surface area contributed by atoms with E-state index in [1.54, 1.807) is 4.52 Å². The Morgan fingerprint density at radius 3 is 2.62 bits per heavy atom. The maximum atomic E-state index is 12.0. The molecule has 1 aliphatic carbocycles. The average molecular weight is 437 g/mol. The van der Waals surface area contributed by atoms with Crippen molar-refractivity contribution in [2.45, 2.75) is 32.4 Å². The van der Waals surface area contributed by atoms with Crippen LogP contribution in [0.2, 0.25) is 0 Å². The SMILES string of the molecule is CC(Nc1c(C(N)=O)cnn2cc(-c3ccc(CNC(=O)NCCO)cc3)cc12)C1CC1. The fourth-order valence-corrected chi connectivity index (χ4v) is 3.72. The Hall–Kier alpha value is -3.59. The number of rotatable bonds is 9. The molecule has 32 heavy (non-hydrogen) atoms. The molecule has 168 valence electrons. The molecule has 9 nitrogen and oxygen atoms in total. The molecule has 3 amide bonds. The largest absolute Gasteiger partial charge is 0.395 e. The monoisotopic (exact) mass is 436 g/mol. The lowest BCUT2D eigenvalue weighted by Gasteiger charge is -2.17. The number of hydrogen-bond acceptors (Lipinski definition) is 5. The molecule has 0 aliphatic heterocycles. The molecule has 0 bridgehead atoms. The lowest BCUT2D eigenvalue weighted by atomic mass is 10.1. The number of primary amides is 1. The van der Waals surface area contributed by atoms with Gasteiger partial charge in [-0.2, -0.15) is 5.10 Å². The standard InChI is InChI=1S/C23H28N6O3/c1-14(16-6-7-16)28-21-19(22(24)31)12-27-29-13-18(10-20(21)29)17-4-2-15(3-5-17)11-26-23(32)25-8-9-30/h2-5,10,12-14,16,28,30H,6-9,11H2,1H3,(H2,24,31)(H2,25,26,32). The summed E-state index contributed by atoms with van der Waals surface area (Å²) in [5.74, 6) is 0.110. The van der Waals surface area contributed by atoms with Crippen LogP contribution < -0.4 is 21.7 Å². The second-order valence-electron chi connectivity index (χ2n) is 8.16. The van der Waals surface area contributed by atoms with Crippen LogP contribution in [0.3, 0.4) is 0 Å². The zero-order chi connectivity index (χ0) is 22.7. The zero-order valence-corrected chi connectivity index (χ0v) is 18.0. The third-order valence-electron chi connectivity index (χ3n) is 5.74. The highest BCUT2D eigenvalue weighted by atomic mass is 16.3. The van der Waals surface area contributed by atoms with Crippen molar-refractivity contribution in [1.82, 2.24) is 20.2 Å². The normalized spacial score (nSPS) is 14.2. The molecule has 0 spiro atoms. The topological polar surface area (TPSA) is 134 Å². The van der Waals surface area contributed by atoms with Gasteiger partial charge in [-0.3, -0.25) is 4.79 Å². The average Bonchev–Trinajstić information content (AvgIpc) is 3.55. The Morgan fingerprint density at radius 2 is 1.97 bits per heavy atom. The number of carbonyl (C=O) groups excluding carboxylic acids is 2. The highest BCUT2D eigenvalue weighted by Gasteiger charge is 2.29. The first-order valence-corrected chi connectivity index (χ1v) is 10.8. The van der Waals surface area contributed by atoms with Crippen molar-refractivity contribution in [1.29, 1.82) is 0 Å². The van der Waals surface area contributed by atoms with Crippen LogP contribution in [0, 0.1) is 5.92 Å². The van der Waals surface area contributed by atoms with Gasteiger partial charge in [0.05, 0.1) is 29.6 Å². The van der Waals surface area contributed by atoms with Crippen LogP contribution in [0.1, 0.15) is 35.7 Å². The molecule has 1 aliphatic rings. The molecule has 1 aromatic carbocycles. The van der Waals surface area contributed by atoms with Gasteiger partial charge in [0.1, 0.15) is 0 Å². The number of amides is 3. The van der Waals surface area contributed by atoms with E-state index in [1.807, 2.05) is 36.5 Å². The van der Waals surface area contributed by atoms with Crippen LogP contribution in [-0.2, 0) is 6.54 Å². The minimum absolute atomic E-state index is 0.0966. The summed E-state index contributed by atoms with van der Waals surface area (Å²) < 4.78 is 1.75. The van der Waals surface area contributed by atoms with E-state index in [1.165, 1.54) is 19.0 Å². The predicted octanol–water partition coefficient (Wildman–Crippen LogP) is 2.10. The number of hydrogen-bond donors (Lipinski definition) is 5. The Balaban J connectivity index is 1.55. The lowest BCUT2D eigenvalue weighted by molar-refractivity contribution is 0.100. The van der Waals surface area contributed by atoms with Crippen molar-refractivity contribution < 1.29 is 14.7 Å². The number of aromatic nitrogens is 2. The predicted molar refractivity (Wildman–Crippen MR) is 122 cm³/mol. The summed E-state index contributed by atoms with van der Waals surface area (Å²) in [4.78, 5) is 23.6. The Labute approximate surface area is 186 Å². The quantitative estimate of drug-likeness (QED) is 0.350. The molecule has 0 radical (unpaired) electrons. The molecular weight excluding hydrogens is 408 g/mol. The number of aliphatic hydroxyl groups excluding tert-OH is 1. The van der Waals surface area contributed by atoms with Gasteiger partial charge >= 0.3 is 6.03 Å². The zero-order valence-electron chi connectivity index (χ0n) is 18.0. The van der Waals surface area contributed by atoms with E-state index in [0.29, 0.717) is 23.7 Å². The van der Waals surface area contributed by atoms with Gasteiger partial charge in [-0.15, -0.1) is 0 Å². The van der Waals surface area contributed by atoms with Gasteiger partial charge in [-0.1, -0.05) is 24.3 Å². The van der Waals surface area contributed by atoms with Crippen molar-refractivity contribution >= 4 is 23.1 Å². The molecule has 4 rings (SSSR count). The molecule has 1 unspecified atom stereocenters. The smallest absolute Gasteiger partial charge is 0.315 e. The Kier molecular flexibility index (Phi) is 6.27. The molecule has 3 aromatic rings. The van der Waals surface area contributed by atoms with E-state index in [2.05, 4.69) is 28.0 Å². The van der Waals surface area contributed by atoms with Crippen LogP contribution in [0.15, 0.2) is 42.7 Å². The number of anilines is 1. The van der Waals surface area contributed by atoms with Gasteiger partial charge < -0.3 is 26.8 Å². The number of nitrogens with one attached hydrogen (secondary N) is 3. The summed E-state index contributed by atoms with van der Waals surface area (Å²) in [6.45, 7) is 2.63. The van der Waals surface area contributed by atoms with E-state index in [9.17, 15) is 9.59 Å². The summed E-state index contributed by atoms with van der Waals surface area (Å²) >= 11 is 0. The summed E-state index contributed by atoms with van der Waals surface area (Å²) in [5.41, 5.74) is 10.4. The van der Waals surface area contributed by atoms with Crippen LogP contribution in [-0.4, -0.2) is 45.9 Å². The molecule has 0 saturated heterocycles. The van der Waals surface area contributed by atoms with E-state index in [-0.39, 0.29) is 25.2 Å². The lowest BCUT2D eigenvalue weighted by Crippen LogP contribution is -2.36. The Bertz CT molecular complexity index is 1120. The van der Waals surface area contributed by atoms with Crippen LogP contribution >= 0.6 is 0 Å². The van der Waals surface area contributed by atoms with Crippen molar-refractivity contribution in [2.75, 3.05) is 18.5 Å². The van der Waals surface area contributed by atoms with Crippen LogP contribution in [0.5, 0.6) is 0 Å². The van der Waals surface area contributed by atoms with Gasteiger partial charge in [0.25, 0.3) is 5.91 Å². The van der Waals surface area contributed by atoms with Gasteiger partial charge in [0.2, 0.25) is 0 Å². The number of carbonyl (C=O) groups is 2. The maximum absolute atomic E-state index is 12.0. The van der Waals surface area contributed by atoms with Crippen molar-refractivity contribution in [3.05, 3.63) is 53.9 Å². The minimum atomic E-state index is -0.506. The second kappa shape index (κ2) is 9.27. The molecule has 2 aromatic heterocycles. The minimum Gasteiger partial charge on any atom is -0.395 e. The third-order valence-corrected chi connectivity index (χ3v) is 5.74. The van der Waals surface area contributed by atoms with E-state index in [4.69, 9.17) is 10.8 Å². The van der Waals surface area contributed by atoms with Crippen molar-refractivity contribution in [3.63, 3.8) is 0 Å². The molecule has 1 atom stereocenters. The summed E-state index contributed by atoms with van der Waals surface area (Å²) in [6, 6.07) is 9.77. The highest BCUT2D eigenvalue weighted by Crippen LogP contribution is 2.36. The molecule has 1 saturated carbocycles. The summed E-state index contributed by atoms with van der Waals surface area (Å²) in [6.07, 6.45) is 5.82. The van der Waals surface area contributed by atoms with Crippen molar-refractivity contribution in [2.24, 2.45) is 11.7 Å².